The summed E-state index contributed by atoms with van der Waals surface area (Å²) < 4.78 is -4.04. The van der Waals surface area contributed by atoms with Crippen LogP contribution in [0.1, 0.15) is 6.92 Å². The molecule has 0 N–H and O–H groups in total. The standard InChI is InChI=1S/C7H3Cl5O2/c1-2-3(8)7(11,12)5(14)4(13)6(2,9)10/h1H3. The van der Waals surface area contributed by atoms with Gasteiger partial charge in [0, 0.05) is 0 Å². The lowest BCUT2D eigenvalue weighted by molar-refractivity contribution is -0.136. The van der Waals surface area contributed by atoms with Crippen LogP contribution < -0.4 is 0 Å². The summed E-state index contributed by atoms with van der Waals surface area (Å²) in [5.74, 6) is -2.20. The fourth-order valence-corrected chi connectivity index (χ4v) is 2.07. The number of carbonyl (C=O) groups is 2. The average molecular weight is 296 g/mol. The van der Waals surface area contributed by atoms with Crippen molar-refractivity contribution in [1.29, 1.82) is 0 Å². The van der Waals surface area contributed by atoms with E-state index in [0.717, 1.165) is 0 Å². The molecule has 0 atom stereocenters. The van der Waals surface area contributed by atoms with E-state index < -0.39 is 20.2 Å². The van der Waals surface area contributed by atoms with E-state index in [0.29, 0.717) is 0 Å². The number of alkyl halides is 4. The van der Waals surface area contributed by atoms with Crippen molar-refractivity contribution in [3.63, 3.8) is 0 Å². The second-order valence-corrected chi connectivity index (χ2v) is 5.78. The van der Waals surface area contributed by atoms with Crippen molar-refractivity contribution in [1.82, 2.24) is 0 Å². The lowest BCUT2D eigenvalue weighted by Crippen LogP contribution is -2.48. The fourth-order valence-electron chi connectivity index (χ4n) is 0.928. The van der Waals surface area contributed by atoms with Crippen molar-refractivity contribution in [2.45, 2.75) is 15.6 Å². The zero-order valence-electron chi connectivity index (χ0n) is 6.71. The van der Waals surface area contributed by atoms with E-state index in [2.05, 4.69) is 0 Å². The zero-order chi connectivity index (χ0) is 11.3. The minimum Gasteiger partial charge on any atom is -0.287 e. The van der Waals surface area contributed by atoms with Crippen molar-refractivity contribution < 1.29 is 9.59 Å². The van der Waals surface area contributed by atoms with Crippen LogP contribution >= 0.6 is 58.0 Å². The summed E-state index contributed by atoms with van der Waals surface area (Å²) in [6, 6.07) is 0. The highest BCUT2D eigenvalue weighted by Crippen LogP contribution is 2.48. The Morgan fingerprint density at radius 1 is 0.929 bits per heavy atom. The summed E-state index contributed by atoms with van der Waals surface area (Å²) in [7, 11) is 0. The zero-order valence-corrected chi connectivity index (χ0v) is 10.5. The molecule has 1 rings (SSSR count). The van der Waals surface area contributed by atoms with Crippen LogP contribution in [-0.4, -0.2) is 20.2 Å². The van der Waals surface area contributed by atoms with Gasteiger partial charge in [-0.1, -0.05) is 58.0 Å². The molecule has 0 saturated heterocycles. The van der Waals surface area contributed by atoms with Gasteiger partial charge in [0.05, 0.1) is 5.03 Å². The molecule has 0 bridgehead atoms. The summed E-state index contributed by atoms with van der Waals surface area (Å²) in [6.07, 6.45) is 0. The molecule has 0 radical (unpaired) electrons. The molecule has 0 aromatic rings. The maximum atomic E-state index is 11.3. The van der Waals surface area contributed by atoms with E-state index in [4.69, 9.17) is 58.0 Å². The van der Waals surface area contributed by atoms with E-state index in [1.165, 1.54) is 6.92 Å². The molecule has 1 aliphatic carbocycles. The van der Waals surface area contributed by atoms with Gasteiger partial charge in [0.25, 0.3) is 0 Å². The van der Waals surface area contributed by atoms with Crippen molar-refractivity contribution >= 4 is 69.6 Å². The number of hydrogen-bond donors (Lipinski definition) is 0. The van der Waals surface area contributed by atoms with Crippen molar-refractivity contribution in [2.75, 3.05) is 0 Å². The molecular weight excluding hydrogens is 293 g/mol. The molecule has 0 aromatic heterocycles. The van der Waals surface area contributed by atoms with Crippen LogP contribution in [0.4, 0.5) is 0 Å². The Kier molecular flexibility index (Phi) is 3.18. The predicted molar refractivity (Wildman–Crippen MR) is 57.4 cm³/mol. The topological polar surface area (TPSA) is 34.1 Å². The highest BCUT2D eigenvalue weighted by molar-refractivity contribution is 6.80. The largest absolute Gasteiger partial charge is 0.287 e. The van der Waals surface area contributed by atoms with Gasteiger partial charge in [0.1, 0.15) is 0 Å². The molecule has 7 heteroatoms. The van der Waals surface area contributed by atoms with E-state index in [1.807, 2.05) is 0 Å². The molecule has 0 heterocycles. The maximum absolute atomic E-state index is 11.3. The summed E-state index contributed by atoms with van der Waals surface area (Å²) in [4.78, 5) is 22.7. The van der Waals surface area contributed by atoms with Gasteiger partial charge in [-0.2, -0.15) is 0 Å². The number of allylic oxidation sites excluding steroid dienone is 2. The maximum Gasteiger partial charge on any atom is 0.243 e. The second kappa shape index (κ2) is 3.53. The first-order chi connectivity index (χ1) is 6.13. The molecule has 0 aliphatic heterocycles. The lowest BCUT2D eigenvalue weighted by atomic mass is 9.96. The minimum absolute atomic E-state index is 0.0668. The van der Waals surface area contributed by atoms with Gasteiger partial charge in [-0.05, 0) is 12.5 Å². The first-order valence-electron chi connectivity index (χ1n) is 3.35. The van der Waals surface area contributed by atoms with Crippen LogP contribution in [0.5, 0.6) is 0 Å². The molecular formula is C7H3Cl5O2. The first-order valence-corrected chi connectivity index (χ1v) is 5.24. The van der Waals surface area contributed by atoms with Crippen LogP contribution in [0.3, 0.4) is 0 Å². The summed E-state index contributed by atoms with van der Waals surface area (Å²) in [5, 5.41) is -0.226. The van der Waals surface area contributed by atoms with Crippen LogP contribution in [-0.2, 0) is 9.59 Å². The third-order valence-electron chi connectivity index (χ3n) is 1.85. The molecule has 14 heavy (non-hydrogen) atoms. The Morgan fingerprint density at radius 3 is 1.71 bits per heavy atom. The predicted octanol–water partition coefficient (Wildman–Crippen LogP) is 3.00. The van der Waals surface area contributed by atoms with Gasteiger partial charge in [0.15, 0.2) is 0 Å². The van der Waals surface area contributed by atoms with Crippen molar-refractivity contribution in [3.8, 4) is 0 Å². The monoisotopic (exact) mass is 294 g/mol. The highest BCUT2D eigenvalue weighted by atomic mass is 35.5. The third-order valence-corrected chi connectivity index (χ3v) is 4.24. The van der Waals surface area contributed by atoms with Gasteiger partial charge >= 0.3 is 0 Å². The summed E-state index contributed by atoms with van der Waals surface area (Å²) in [6.45, 7) is 1.38. The van der Waals surface area contributed by atoms with Crippen LogP contribution in [0.2, 0.25) is 0 Å². The van der Waals surface area contributed by atoms with Gasteiger partial charge in [-0.3, -0.25) is 9.59 Å². The van der Waals surface area contributed by atoms with Gasteiger partial charge < -0.3 is 0 Å². The van der Waals surface area contributed by atoms with Gasteiger partial charge in [0.2, 0.25) is 20.2 Å². The molecule has 0 saturated carbocycles. The molecule has 0 unspecified atom stereocenters. The molecule has 1 aliphatic rings. The summed E-state index contributed by atoms with van der Waals surface area (Å²) in [5.41, 5.74) is 0.0668. The van der Waals surface area contributed by atoms with E-state index in [1.54, 1.807) is 0 Å². The minimum atomic E-state index is -2.07. The number of ketones is 2. The molecule has 0 aromatic carbocycles. The van der Waals surface area contributed by atoms with Crippen LogP contribution in [0.25, 0.3) is 0 Å². The van der Waals surface area contributed by atoms with Crippen LogP contribution in [0, 0.1) is 0 Å². The number of halogens is 5. The van der Waals surface area contributed by atoms with E-state index in [9.17, 15) is 9.59 Å². The average Bonchev–Trinajstić information content (AvgIpc) is 2.11. The molecule has 0 amide bonds. The number of rotatable bonds is 0. The van der Waals surface area contributed by atoms with Gasteiger partial charge in [-0.25, -0.2) is 0 Å². The fraction of sp³-hybridized carbons (Fsp3) is 0.429. The quantitative estimate of drug-likeness (QED) is 0.509. The Labute approximate surface area is 105 Å². The summed E-state index contributed by atoms with van der Waals surface area (Å²) >= 11 is 28.1. The Morgan fingerprint density at radius 2 is 1.29 bits per heavy atom. The third kappa shape index (κ3) is 1.57. The molecule has 0 fully saturated rings. The Hall–Kier alpha value is 0.530. The van der Waals surface area contributed by atoms with Crippen molar-refractivity contribution in [3.05, 3.63) is 10.6 Å². The lowest BCUT2D eigenvalue weighted by Gasteiger charge is -2.30. The second-order valence-electron chi connectivity index (χ2n) is 2.75. The van der Waals surface area contributed by atoms with Gasteiger partial charge in [-0.15, -0.1) is 0 Å². The van der Waals surface area contributed by atoms with E-state index in [-0.39, 0.29) is 10.6 Å². The highest BCUT2D eigenvalue weighted by Gasteiger charge is 2.56. The Bertz CT molecular complexity index is 321. The van der Waals surface area contributed by atoms with Crippen LogP contribution in [0.15, 0.2) is 10.6 Å². The number of Topliss-reactive ketones (excluding diaryl/α,β-unsaturated/α-hetero) is 2. The smallest absolute Gasteiger partial charge is 0.243 e. The van der Waals surface area contributed by atoms with Crippen molar-refractivity contribution in [2.24, 2.45) is 0 Å². The normalized spacial score (nSPS) is 25.6. The Balaban J connectivity index is 3.48. The molecule has 0 spiro atoms. The number of hydrogen-bond acceptors (Lipinski definition) is 2. The SMILES string of the molecule is CC1=C(Cl)C(Cl)(Cl)C(=O)C(=O)C1(Cl)Cl. The molecule has 2 nitrogen and oxygen atoms in total. The molecule has 78 valence electrons. The van der Waals surface area contributed by atoms with E-state index >= 15 is 0 Å². The number of carbonyl (C=O) groups excluding carboxylic acids is 2. The first kappa shape index (κ1) is 12.6.